The molecule has 0 bridgehead atoms. The topological polar surface area (TPSA) is 74.8 Å². The first-order chi connectivity index (χ1) is 20.9. The second-order valence-electron chi connectivity index (χ2n) is 10.9. The maximum Gasteiger partial charge on any atom is 0.258 e. The molecule has 0 radical (unpaired) electrons. The van der Waals surface area contributed by atoms with Gasteiger partial charge in [-0.15, -0.1) is 0 Å². The van der Waals surface area contributed by atoms with Gasteiger partial charge in [0.25, 0.3) is 23.6 Å². The van der Waals surface area contributed by atoms with Gasteiger partial charge in [-0.2, -0.15) is 0 Å². The molecule has 0 fully saturated rings. The number of benzene rings is 4. The Labute approximate surface area is 249 Å². The van der Waals surface area contributed by atoms with Crippen LogP contribution >= 0.6 is 0 Å². The van der Waals surface area contributed by atoms with Gasteiger partial charge < -0.3 is 0 Å². The number of imide groups is 2. The van der Waals surface area contributed by atoms with Crippen molar-refractivity contribution < 1.29 is 19.2 Å². The highest BCUT2D eigenvalue weighted by Crippen LogP contribution is 2.56. The van der Waals surface area contributed by atoms with Gasteiger partial charge in [-0.3, -0.25) is 19.2 Å². The van der Waals surface area contributed by atoms with Crippen molar-refractivity contribution in [2.75, 3.05) is 9.80 Å². The number of carbonyl (C=O) groups excluding carboxylic acids is 4. The summed E-state index contributed by atoms with van der Waals surface area (Å²) in [5, 5.41) is 0. The number of nitrogens with zero attached hydrogens (tertiary/aromatic N) is 2. The Morgan fingerprint density at radius 3 is 1.26 bits per heavy atom. The van der Waals surface area contributed by atoms with E-state index in [-0.39, 0.29) is 23.6 Å². The van der Waals surface area contributed by atoms with E-state index < -0.39 is 5.41 Å². The molecule has 0 atom stereocenters. The van der Waals surface area contributed by atoms with E-state index in [4.69, 9.17) is 0 Å². The van der Waals surface area contributed by atoms with Crippen LogP contribution in [0.25, 0.3) is 11.1 Å². The molecule has 0 saturated carbocycles. The van der Waals surface area contributed by atoms with Gasteiger partial charge in [-0.05, 0) is 69.5 Å². The Hall–Kier alpha value is -5.36. The zero-order valence-electron chi connectivity index (χ0n) is 23.8. The standard InChI is InChI=1S/C37H28N2O4/c1-3-23-21-25(13-15-31(23)38-33(40)17-18-34(38)41)37(29-11-7-5-9-27(29)28-10-6-8-12-30(28)37)26-14-16-32(24(4-2)22-26)39-35(42)19-20-36(39)43/h5-22H,3-4H2,1-2H3. The van der Waals surface area contributed by atoms with Gasteiger partial charge in [0.15, 0.2) is 0 Å². The lowest BCUT2D eigenvalue weighted by molar-refractivity contribution is -0.121. The summed E-state index contributed by atoms with van der Waals surface area (Å²) in [5.41, 5.74) is 8.71. The van der Waals surface area contributed by atoms with Crippen molar-refractivity contribution in [1.82, 2.24) is 0 Å². The van der Waals surface area contributed by atoms with Crippen molar-refractivity contribution in [2.24, 2.45) is 0 Å². The lowest BCUT2D eigenvalue weighted by Gasteiger charge is -2.35. The Kier molecular flexibility index (Phi) is 6.10. The molecular formula is C37H28N2O4. The van der Waals surface area contributed by atoms with Crippen molar-refractivity contribution in [3.63, 3.8) is 0 Å². The van der Waals surface area contributed by atoms with Crippen LogP contribution in [0.15, 0.2) is 109 Å². The molecule has 1 aliphatic carbocycles. The second kappa shape index (κ2) is 9.88. The van der Waals surface area contributed by atoms with E-state index in [2.05, 4.69) is 36.4 Å². The number of hydrogen-bond acceptors (Lipinski definition) is 4. The van der Waals surface area contributed by atoms with Crippen molar-refractivity contribution in [2.45, 2.75) is 32.1 Å². The van der Waals surface area contributed by atoms with Gasteiger partial charge in [0, 0.05) is 24.3 Å². The first kappa shape index (κ1) is 26.5. The van der Waals surface area contributed by atoms with E-state index in [0.717, 1.165) is 44.5 Å². The smallest absolute Gasteiger partial charge is 0.258 e. The fraction of sp³-hybridized carbons (Fsp3) is 0.135. The lowest BCUT2D eigenvalue weighted by atomic mass is 9.67. The van der Waals surface area contributed by atoms with Gasteiger partial charge in [0.1, 0.15) is 0 Å². The van der Waals surface area contributed by atoms with Gasteiger partial charge in [-0.25, -0.2) is 9.80 Å². The third-order valence-corrected chi connectivity index (χ3v) is 8.84. The van der Waals surface area contributed by atoms with Crippen LogP contribution < -0.4 is 9.80 Å². The van der Waals surface area contributed by atoms with E-state index in [0.29, 0.717) is 24.2 Å². The Morgan fingerprint density at radius 1 is 0.512 bits per heavy atom. The van der Waals surface area contributed by atoms with Crippen molar-refractivity contribution >= 4 is 35.0 Å². The molecule has 0 aromatic heterocycles. The molecule has 43 heavy (non-hydrogen) atoms. The molecule has 4 amide bonds. The number of hydrogen-bond donors (Lipinski definition) is 0. The third kappa shape index (κ3) is 3.73. The molecule has 2 heterocycles. The molecule has 0 spiro atoms. The van der Waals surface area contributed by atoms with Gasteiger partial charge in [0.2, 0.25) is 0 Å². The minimum absolute atomic E-state index is 0.345. The molecule has 6 heteroatoms. The zero-order valence-corrected chi connectivity index (χ0v) is 23.8. The van der Waals surface area contributed by atoms with Crippen LogP contribution in [0, 0.1) is 0 Å². The summed E-state index contributed by atoms with van der Waals surface area (Å²) in [5.74, 6) is -1.38. The summed E-state index contributed by atoms with van der Waals surface area (Å²) >= 11 is 0. The van der Waals surface area contributed by atoms with Crippen LogP contribution in [0.3, 0.4) is 0 Å². The Balaban J connectivity index is 1.51. The average molecular weight is 565 g/mol. The largest absolute Gasteiger partial charge is 0.269 e. The van der Waals surface area contributed by atoms with Gasteiger partial charge in [0.05, 0.1) is 16.8 Å². The van der Waals surface area contributed by atoms with Crippen LogP contribution in [0.5, 0.6) is 0 Å². The van der Waals surface area contributed by atoms with E-state index in [1.165, 1.54) is 34.1 Å². The molecule has 0 saturated heterocycles. The monoisotopic (exact) mass is 564 g/mol. The highest BCUT2D eigenvalue weighted by molar-refractivity contribution is 6.29. The van der Waals surface area contributed by atoms with Crippen molar-refractivity contribution in [1.29, 1.82) is 0 Å². The predicted octanol–water partition coefficient (Wildman–Crippen LogP) is 6.03. The Morgan fingerprint density at radius 2 is 0.884 bits per heavy atom. The lowest BCUT2D eigenvalue weighted by Crippen LogP contribution is -2.33. The van der Waals surface area contributed by atoms with Crippen LogP contribution in [0.4, 0.5) is 11.4 Å². The van der Waals surface area contributed by atoms with Gasteiger partial charge in [-0.1, -0.05) is 86.6 Å². The number of anilines is 2. The van der Waals surface area contributed by atoms with Crippen molar-refractivity contribution in [3.8, 4) is 11.1 Å². The van der Waals surface area contributed by atoms with E-state index in [1.807, 2.05) is 62.4 Å². The first-order valence-electron chi connectivity index (χ1n) is 14.5. The van der Waals surface area contributed by atoms with Crippen LogP contribution in [-0.2, 0) is 37.4 Å². The normalized spacial score (nSPS) is 16.4. The fourth-order valence-corrected chi connectivity index (χ4v) is 6.94. The molecule has 7 rings (SSSR count). The minimum Gasteiger partial charge on any atom is -0.269 e. The van der Waals surface area contributed by atoms with E-state index in [1.54, 1.807) is 0 Å². The predicted molar refractivity (Wildman–Crippen MR) is 166 cm³/mol. The highest BCUT2D eigenvalue weighted by Gasteiger charge is 2.46. The number of carbonyl (C=O) groups is 4. The summed E-state index contributed by atoms with van der Waals surface area (Å²) < 4.78 is 0. The quantitative estimate of drug-likeness (QED) is 0.236. The maximum atomic E-state index is 12.6. The number of rotatable bonds is 6. The molecule has 0 unspecified atom stereocenters. The van der Waals surface area contributed by atoms with Crippen molar-refractivity contribution in [3.05, 3.63) is 143 Å². The summed E-state index contributed by atoms with van der Waals surface area (Å²) in [6.45, 7) is 4.04. The molecule has 4 aromatic rings. The second-order valence-corrected chi connectivity index (χ2v) is 10.9. The molecule has 3 aliphatic rings. The van der Waals surface area contributed by atoms with Crippen LogP contribution in [-0.4, -0.2) is 23.6 Å². The number of fused-ring (bicyclic) bond motifs is 3. The summed E-state index contributed by atoms with van der Waals surface area (Å²) in [7, 11) is 0. The molecule has 0 N–H and O–H groups in total. The summed E-state index contributed by atoms with van der Waals surface area (Å²) in [6.07, 6.45) is 6.45. The highest BCUT2D eigenvalue weighted by atomic mass is 16.2. The summed E-state index contributed by atoms with van der Waals surface area (Å²) in [4.78, 5) is 53.0. The third-order valence-electron chi connectivity index (χ3n) is 8.84. The molecule has 210 valence electrons. The molecule has 6 nitrogen and oxygen atoms in total. The van der Waals surface area contributed by atoms with Gasteiger partial charge >= 0.3 is 0 Å². The number of amides is 4. The SMILES string of the molecule is CCc1cc(C2(c3ccc(N4C(=O)C=CC4=O)c(CC)c3)c3ccccc3-c3ccccc32)ccc1N1C(=O)C=CC1=O. The van der Waals surface area contributed by atoms with E-state index >= 15 is 0 Å². The molecule has 4 aromatic carbocycles. The molecular weight excluding hydrogens is 536 g/mol. The van der Waals surface area contributed by atoms with Crippen LogP contribution in [0.2, 0.25) is 0 Å². The number of aryl methyl sites for hydroxylation is 2. The fourth-order valence-electron chi connectivity index (χ4n) is 6.94. The molecule has 2 aliphatic heterocycles. The van der Waals surface area contributed by atoms with E-state index in [9.17, 15) is 19.2 Å². The first-order valence-corrected chi connectivity index (χ1v) is 14.5. The van der Waals surface area contributed by atoms with Crippen LogP contribution in [0.1, 0.15) is 47.2 Å². The average Bonchev–Trinajstić information content (AvgIpc) is 3.66. The Bertz CT molecular complexity index is 1770. The summed E-state index contributed by atoms with van der Waals surface area (Å²) in [6, 6.07) is 28.8. The zero-order chi connectivity index (χ0) is 29.9. The minimum atomic E-state index is -0.730. The maximum absolute atomic E-state index is 12.6.